The molecule has 2 unspecified atom stereocenters. The van der Waals surface area contributed by atoms with Crippen molar-refractivity contribution in [3.63, 3.8) is 0 Å². The molecule has 1 heterocycles. The normalized spacial score (nSPS) is 32.1. The van der Waals surface area contributed by atoms with Gasteiger partial charge in [0.15, 0.2) is 0 Å². The first-order chi connectivity index (χ1) is 6.63. The van der Waals surface area contributed by atoms with E-state index < -0.39 is 5.60 Å². The molecule has 2 rings (SSSR count). The van der Waals surface area contributed by atoms with Crippen LogP contribution in [0.5, 0.6) is 0 Å². The fraction of sp³-hybridized carbons (Fsp3) is 0.500. The second kappa shape index (κ2) is 3.59. The maximum atomic E-state index is 10.5. The van der Waals surface area contributed by atoms with E-state index in [9.17, 15) is 5.11 Å². The number of hydrogen-bond donors (Lipinski definition) is 1. The van der Waals surface area contributed by atoms with E-state index in [1.165, 1.54) is 5.56 Å². The molecule has 0 saturated carbocycles. The van der Waals surface area contributed by atoms with E-state index in [1.807, 2.05) is 11.8 Å². The minimum absolute atomic E-state index is 0.357. The summed E-state index contributed by atoms with van der Waals surface area (Å²) in [7, 11) is 0. The number of thioether (sulfide) groups is 1. The van der Waals surface area contributed by atoms with Gasteiger partial charge in [-0.15, -0.1) is 0 Å². The van der Waals surface area contributed by atoms with Crippen LogP contribution in [0.2, 0.25) is 0 Å². The molecule has 1 aromatic rings. The maximum absolute atomic E-state index is 10.5. The summed E-state index contributed by atoms with van der Waals surface area (Å²) in [5.41, 5.74) is 1.72. The molecule has 1 saturated heterocycles. The first-order valence-electron chi connectivity index (χ1n) is 5.00. The van der Waals surface area contributed by atoms with Crippen molar-refractivity contribution in [2.24, 2.45) is 5.92 Å². The summed E-state index contributed by atoms with van der Waals surface area (Å²) in [6.07, 6.45) is 0. The predicted octanol–water partition coefficient (Wildman–Crippen LogP) is 2.57. The van der Waals surface area contributed by atoms with Crippen LogP contribution in [0.15, 0.2) is 24.3 Å². The third-order valence-corrected chi connectivity index (χ3v) is 4.44. The van der Waals surface area contributed by atoms with Crippen LogP contribution in [0.3, 0.4) is 0 Å². The third kappa shape index (κ3) is 1.57. The van der Waals surface area contributed by atoms with Crippen LogP contribution in [0.1, 0.15) is 18.1 Å². The molecule has 1 fully saturated rings. The number of hydrogen-bond acceptors (Lipinski definition) is 2. The molecular weight excluding hydrogens is 192 g/mol. The molecule has 0 spiro atoms. The highest BCUT2D eigenvalue weighted by Gasteiger charge is 2.40. The zero-order valence-electron chi connectivity index (χ0n) is 8.66. The highest BCUT2D eigenvalue weighted by molar-refractivity contribution is 7.99. The molecule has 0 aliphatic carbocycles. The van der Waals surface area contributed by atoms with E-state index in [-0.39, 0.29) is 0 Å². The average Bonchev–Trinajstić information content (AvgIpc) is 2.49. The summed E-state index contributed by atoms with van der Waals surface area (Å²) in [5.74, 6) is 2.25. The molecule has 2 heteroatoms. The molecule has 1 aliphatic rings. The molecule has 76 valence electrons. The molecule has 0 radical (unpaired) electrons. The van der Waals surface area contributed by atoms with Gasteiger partial charge >= 0.3 is 0 Å². The molecule has 1 aliphatic heterocycles. The van der Waals surface area contributed by atoms with Crippen LogP contribution in [0.25, 0.3) is 0 Å². The average molecular weight is 208 g/mol. The Labute approximate surface area is 89.5 Å². The molecule has 0 aromatic heterocycles. The largest absolute Gasteiger partial charge is 0.384 e. The monoisotopic (exact) mass is 208 g/mol. The molecular formula is C12H16OS. The van der Waals surface area contributed by atoms with Gasteiger partial charge in [-0.3, -0.25) is 0 Å². The minimum Gasteiger partial charge on any atom is -0.384 e. The van der Waals surface area contributed by atoms with Gasteiger partial charge in [0.25, 0.3) is 0 Å². The van der Waals surface area contributed by atoms with Crippen molar-refractivity contribution in [2.45, 2.75) is 19.4 Å². The van der Waals surface area contributed by atoms with Gasteiger partial charge in [-0.2, -0.15) is 11.8 Å². The Hall–Kier alpha value is -0.470. The molecule has 14 heavy (non-hydrogen) atoms. The molecule has 1 nitrogen and oxygen atoms in total. The van der Waals surface area contributed by atoms with Gasteiger partial charge in [-0.1, -0.05) is 36.8 Å². The van der Waals surface area contributed by atoms with Crippen LogP contribution in [0, 0.1) is 12.8 Å². The lowest BCUT2D eigenvalue weighted by Crippen LogP contribution is -2.32. The minimum atomic E-state index is -0.599. The van der Waals surface area contributed by atoms with Crippen molar-refractivity contribution in [1.82, 2.24) is 0 Å². The standard InChI is InChI=1S/C12H16OS/c1-9-3-5-11(6-4-9)12(13)8-14-7-10(12)2/h3-6,10,13H,7-8H2,1-2H3. The second-order valence-electron chi connectivity index (χ2n) is 4.21. The number of benzene rings is 1. The fourth-order valence-electron chi connectivity index (χ4n) is 1.88. The van der Waals surface area contributed by atoms with Crippen LogP contribution < -0.4 is 0 Å². The van der Waals surface area contributed by atoms with Crippen molar-refractivity contribution in [3.05, 3.63) is 35.4 Å². The highest BCUT2D eigenvalue weighted by Crippen LogP contribution is 2.41. The van der Waals surface area contributed by atoms with Gasteiger partial charge in [0.1, 0.15) is 5.60 Å². The van der Waals surface area contributed by atoms with E-state index in [2.05, 4.69) is 38.1 Å². The number of aryl methyl sites for hydroxylation is 1. The smallest absolute Gasteiger partial charge is 0.102 e. The van der Waals surface area contributed by atoms with Crippen LogP contribution in [0.4, 0.5) is 0 Å². The third-order valence-electron chi connectivity index (χ3n) is 3.06. The molecule has 0 amide bonds. The number of rotatable bonds is 1. The van der Waals surface area contributed by atoms with Crippen LogP contribution in [-0.4, -0.2) is 16.6 Å². The van der Waals surface area contributed by atoms with Gasteiger partial charge in [0, 0.05) is 5.75 Å². The number of aliphatic hydroxyl groups is 1. The molecule has 1 aromatic carbocycles. The molecule has 1 N–H and O–H groups in total. The topological polar surface area (TPSA) is 20.2 Å². The summed E-state index contributed by atoms with van der Waals surface area (Å²) in [4.78, 5) is 0. The van der Waals surface area contributed by atoms with Gasteiger partial charge in [-0.05, 0) is 24.2 Å². The van der Waals surface area contributed by atoms with Crippen molar-refractivity contribution in [3.8, 4) is 0 Å². The summed E-state index contributed by atoms with van der Waals surface area (Å²) < 4.78 is 0. The Kier molecular flexibility index (Phi) is 2.58. The highest BCUT2D eigenvalue weighted by atomic mass is 32.2. The lowest BCUT2D eigenvalue weighted by atomic mass is 9.85. The quantitative estimate of drug-likeness (QED) is 0.765. The van der Waals surface area contributed by atoms with Crippen molar-refractivity contribution in [2.75, 3.05) is 11.5 Å². The van der Waals surface area contributed by atoms with Crippen molar-refractivity contribution in [1.29, 1.82) is 0 Å². The van der Waals surface area contributed by atoms with E-state index >= 15 is 0 Å². The van der Waals surface area contributed by atoms with Crippen molar-refractivity contribution < 1.29 is 5.11 Å². The second-order valence-corrected chi connectivity index (χ2v) is 5.24. The Morgan fingerprint density at radius 1 is 1.36 bits per heavy atom. The molecule has 2 atom stereocenters. The van der Waals surface area contributed by atoms with Crippen molar-refractivity contribution >= 4 is 11.8 Å². The fourth-order valence-corrected chi connectivity index (χ4v) is 3.39. The van der Waals surface area contributed by atoms with Crippen LogP contribution in [-0.2, 0) is 5.60 Å². The zero-order valence-corrected chi connectivity index (χ0v) is 9.47. The summed E-state index contributed by atoms with van der Waals surface area (Å²) in [5, 5.41) is 10.5. The van der Waals surface area contributed by atoms with E-state index in [1.54, 1.807) is 0 Å². The lowest BCUT2D eigenvalue weighted by Gasteiger charge is -2.27. The first kappa shape index (κ1) is 10.1. The first-order valence-corrected chi connectivity index (χ1v) is 6.15. The molecule has 0 bridgehead atoms. The maximum Gasteiger partial charge on any atom is 0.102 e. The summed E-state index contributed by atoms with van der Waals surface area (Å²) in [6, 6.07) is 8.25. The SMILES string of the molecule is Cc1ccc(C2(O)CSCC2C)cc1. The Morgan fingerprint density at radius 3 is 2.50 bits per heavy atom. The Morgan fingerprint density at radius 2 is 2.00 bits per heavy atom. The van der Waals surface area contributed by atoms with Gasteiger partial charge < -0.3 is 5.11 Å². The van der Waals surface area contributed by atoms with E-state index in [0.29, 0.717) is 5.92 Å². The Bertz CT molecular complexity index is 320. The van der Waals surface area contributed by atoms with Gasteiger partial charge in [0.2, 0.25) is 0 Å². The summed E-state index contributed by atoms with van der Waals surface area (Å²) in [6.45, 7) is 4.19. The van der Waals surface area contributed by atoms with Gasteiger partial charge in [0.05, 0.1) is 0 Å². The van der Waals surface area contributed by atoms with Crippen LogP contribution >= 0.6 is 11.8 Å². The predicted molar refractivity (Wildman–Crippen MR) is 61.6 cm³/mol. The van der Waals surface area contributed by atoms with Gasteiger partial charge in [-0.25, -0.2) is 0 Å². The summed E-state index contributed by atoms with van der Waals surface area (Å²) >= 11 is 1.84. The lowest BCUT2D eigenvalue weighted by molar-refractivity contribution is 0.0234. The Balaban J connectivity index is 2.34. The van der Waals surface area contributed by atoms with E-state index in [4.69, 9.17) is 0 Å². The van der Waals surface area contributed by atoms with E-state index in [0.717, 1.165) is 17.1 Å². The zero-order chi connectivity index (χ0) is 10.2.